The van der Waals surface area contributed by atoms with E-state index in [2.05, 4.69) is 5.32 Å². The Morgan fingerprint density at radius 2 is 2.00 bits per heavy atom. The Morgan fingerprint density at radius 1 is 1.26 bits per heavy atom. The third kappa shape index (κ3) is 3.91. The van der Waals surface area contributed by atoms with Crippen LogP contribution in [0, 0.1) is 0 Å². The van der Waals surface area contributed by atoms with Crippen molar-refractivity contribution in [3.05, 3.63) is 53.1 Å². The minimum Gasteiger partial charge on any atom is -0.492 e. The molecule has 0 bridgehead atoms. The number of sulfonamides is 1. The highest BCUT2D eigenvalue weighted by Gasteiger charge is 2.37. The van der Waals surface area contributed by atoms with Gasteiger partial charge in [0.25, 0.3) is 5.91 Å². The zero-order valence-corrected chi connectivity index (χ0v) is 16.0. The van der Waals surface area contributed by atoms with E-state index < -0.39 is 21.8 Å². The van der Waals surface area contributed by atoms with Gasteiger partial charge < -0.3 is 10.1 Å². The number of hydrogen-bond acceptors (Lipinski definition) is 5. The van der Waals surface area contributed by atoms with Crippen molar-refractivity contribution in [2.45, 2.75) is 13.3 Å². The molecule has 142 valence electrons. The van der Waals surface area contributed by atoms with Crippen molar-refractivity contribution in [1.29, 1.82) is 0 Å². The zero-order chi connectivity index (χ0) is 19.6. The Kier molecular flexibility index (Phi) is 5.38. The van der Waals surface area contributed by atoms with E-state index in [1.54, 1.807) is 24.3 Å². The molecule has 2 aromatic carbocycles. The number of carbonyl (C=O) groups is 2. The number of nitrogens with zero attached hydrogens (tertiary/aromatic N) is 1. The molecule has 1 heterocycles. The topological polar surface area (TPSA) is 92.8 Å². The van der Waals surface area contributed by atoms with Gasteiger partial charge in [0.15, 0.2) is 0 Å². The Bertz CT molecular complexity index is 1010. The number of carbonyl (C=O) groups excluding carboxylic acids is 2. The smallest absolute Gasteiger partial charge is 0.255 e. The molecule has 2 aromatic rings. The molecule has 1 N–H and O–H groups in total. The van der Waals surface area contributed by atoms with E-state index in [0.717, 1.165) is 0 Å². The highest BCUT2D eigenvalue weighted by Crippen LogP contribution is 2.33. The van der Waals surface area contributed by atoms with Crippen molar-refractivity contribution >= 4 is 44.8 Å². The molecule has 9 heteroatoms. The first-order chi connectivity index (χ1) is 12.8. The third-order valence-electron chi connectivity index (χ3n) is 3.94. The van der Waals surface area contributed by atoms with Crippen molar-refractivity contribution in [1.82, 2.24) is 0 Å². The van der Waals surface area contributed by atoms with E-state index in [4.69, 9.17) is 16.3 Å². The summed E-state index contributed by atoms with van der Waals surface area (Å²) >= 11 is 6.09. The summed E-state index contributed by atoms with van der Waals surface area (Å²) in [6.45, 7) is 2.27. The SMILES string of the molecule is CCOc1ccccc1NC(=O)c1ccc(Cl)c(N2C(=O)CCS2(=O)=O)c1. The summed E-state index contributed by atoms with van der Waals surface area (Å²) in [5, 5.41) is 2.79. The van der Waals surface area contributed by atoms with Gasteiger partial charge in [-0.05, 0) is 37.3 Å². The maximum atomic E-state index is 12.6. The lowest BCUT2D eigenvalue weighted by Crippen LogP contribution is -2.30. The van der Waals surface area contributed by atoms with Gasteiger partial charge in [0.05, 0.1) is 28.8 Å². The largest absolute Gasteiger partial charge is 0.492 e. The molecule has 1 aliphatic heterocycles. The second-order valence-corrected chi connectivity index (χ2v) is 8.12. The number of ether oxygens (including phenoxy) is 1. The molecule has 0 aromatic heterocycles. The number of anilines is 2. The van der Waals surface area contributed by atoms with E-state index in [-0.39, 0.29) is 28.4 Å². The Morgan fingerprint density at radius 3 is 2.67 bits per heavy atom. The van der Waals surface area contributed by atoms with E-state index in [1.807, 2.05) is 6.92 Å². The van der Waals surface area contributed by atoms with Crippen LogP contribution in [0.1, 0.15) is 23.7 Å². The van der Waals surface area contributed by atoms with Crippen molar-refractivity contribution < 1.29 is 22.7 Å². The summed E-state index contributed by atoms with van der Waals surface area (Å²) in [5.74, 6) is -0.819. The van der Waals surface area contributed by atoms with Crippen LogP contribution < -0.4 is 14.4 Å². The van der Waals surface area contributed by atoms with Gasteiger partial charge in [0.2, 0.25) is 15.9 Å². The number of rotatable bonds is 5. The van der Waals surface area contributed by atoms with Crippen molar-refractivity contribution in [2.75, 3.05) is 22.0 Å². The first-order valence-electron chi connectivity index (χ1n) is 8.22. The molecule has 7 nitrogen and oxygen atoms in total. The first kappa shape index (κ1) is 19.2. The molecule has 1 fully saturated rings. The minimum atomic E-state index is -3.78. The van der Waals surface area contributed by atoms with Crippen LogP contribution >= 0.6 is 11.6 Å². The molecule has 1 saturated heterocycles. The Balaban J connectivity index is 1.93. The molecule has 27 heavy (non-hydrogen) atoms. The van der Waals surface area contributed by atoms with Gasteiger partial charge in [0.1, 0.15) is 5.75 Å². The average Bonchev–Trinajstić information content (AvgIpc) is 2.90. The van der Waals surface area contributed by atoms with Crippen molar-refractivity contribution in [3.8, 4) is 5.75 Å². The van der Waals surface area contributed by atoms with Gasteiger partial charge >= 0.3 is 0 Å². The van der Waals surface area contributed by atoms with Gasteiger partial charge in [-0.25, -0.2) is 12.7 Å². The molecule has 0 radical (unpaired) electrons. The molecule has 3 rings (SSSR count). The van der Waals surface area contributed by atoms with E-state index in [1.165, 1.54) is 18.2 Å². The van der Waals surface area contributed by atoms with Crippen LogP contribution in [-0.4, -0.2) is 32.6 Å². The first-order valence-corrected chi connectivity index (χ1v) is 10.2. The highest BCUT2D eigenvalue weighted by molar-refractivity contribution is 7.94. The Labute approximate surface area is 161 Å². The maximum absolute atomic E-state index is 12.6. The monoisotopic (exact) mass is 408 g/mol. The number of benzene rings is 2. The summed E-state index contributed by atoms with van der Waals surface area (Å²) in [6.07, 6.45) is -0.114. The number of amides is 2. The lowest BCUT2D eigenvalue weighted by atomic mass is 10.1. The fourth-order valence-electron chi connectivity index (χ4n) is 2.70. The fraction of sp³-hybridized carbons (Fsp3) is 0.222. The summed E-state index contributed by atoms with van der Waals surface area (Å²) in [6, 6.07) is 11.1. The van der Waals surface area contributed by atoms with Crippen LogP contribution in [0.3, 0.4) is 0 Å². The normalized spacial score (nSPS) is 15.6. The van der Waals surface area contributed by atoms with E-state index in [9.17, 15) is 18.0 Å². The molecule has 0 spiro atoms. The van der Waals surface area contributed by atoms with Crippen LogP contribution in [0.4, 0.5) is 11.4 Å². The highest BCUT2D eigenvalue weighted by atomic mass is 35.5. The molecule has 0 aliphatic carbocycles. The van der Waals surface area contributed by atoms with Crippen LogP contribution in [0.15, 0.2) is 42.5 Å². The van der Waals surface area contributed by atoms with Crippen molar-refractivity contribution in [3.63, 3.8) is 0 Å². The number of halogens is 1. The molecule has 0 unspecified atom stereocenters. The zero-order valence-electron chi connectivity index (χ0n) is 14.4. The van der Waals surface area contributed by atoms with Crippen LogP contribution in [-0.2, 0) is 14.8 Å². The van der Waals surface area contributed by atoms with Crippen LogP contribution in [0.5, 0.6) is 5.75 Å². The minimum absolute atomic E-state index is 0.0232. The summed E-state index contributed by atoms with van der Waals surface area (Å²) in [4.78, 5) is 24.6. The standard InChI is InChI=1S/C18H17ClN2O5S/c1-2-26-16-6-4-3-5-14(16)20-18(23)12-7-8-13(19)15(11-12)21-17(22)9-10-27(21,24)25/h3-8,11H,2,9-10H2,1H3,(H,20,23). The van der Waals surface area contributed by atoms with Gasteiger partial charge in [-0.1, -0.05) is 23.7 Å². The quantitative estimate of drug-likeness (QED) is 0.820. The van der Waals surface area contributed by atoms with Crippen molar-refractivity contribution in [2.24, 2.45) is 0 Å². The summed E-state index contributed by atoms with van der Waals surface area (Å²) < 4.78 is 30.4. The van der Waals surface area contributed by atoms with E-state index >= 15 is 0 Å². The van der Waals surface area contributed by atoms with Gasteiger partial charge in [-0.15, -0.1) is 0 Å². The van der Waals surface area contributed by atoms with Crippen LogP contribution in [0.2, 0.25) is 5.02 Å². The fourth-order valence-corrected chi connectivity index (χ4v) is 4.42. The third-order valence-corrected chi connectivity index (χ3v) is 5.94. The molecule has 0 atom stereocenters. The molecule has 0 saturated carbocycles. The number of hydrogen-bond donors (Lipinski definition) is 1. The second-order valence-electron chi connectivity index (χ2n) is 5.77. The second kappa shape index (κ2) is 7.58. The average molecular weight is 409 g/mol. The molecule has 1 aliphatic rings. The van der Waals surface area contributed by atoms with E-state index in [0.29, 0.717) is 22.3 Å². The number of nitrogens with one attached hydrogen (secondary N) is 1. The predicted octanol–water partition coefficient (Wildman–Crippen LogP) is 3.06. The maximum Gasteiger partial charge on any atom is 0.255 e. The van der Waals surface area contributed by atoms with Gasteiger partial charge in [0, 0.05) is 12.0 Å². The number of para-hydroxylation sites is 2. The Hall–Kier alpha value is -2.58. The van der Waals surface area contributed by atoms with Crippen LogP contribution in [0.25, 0.3) is 0 Å². The predicted molar refractivity (Wildman–Crippen MR) is 103 cm³/mol. The summed E-state index contributed by atoms with van der Waals surface area (Å²) in [7, 11) is -3.78. The van der Waals surface area contributed by atoms with Gasteiger partial charge in [-0.2, -0.15) is 0 Å². The molecular weight excluding hydrogens is 392 g/mol. The molecule has 2 amide bonds. The summed E-state index contributed by atoms with van der Waals surface area (Å²) in [5.41, 5.74) is 0.617. The lowest BCUT2D eigenvalue weighted by molar-refractivity contribution is -0.116. The van der Waals surface area contributed by atoms with Gasteiger partial charge in [-0.3, -0.25) is 9.59 Å². The molecular formula is C18H17ClN2O5S. The lowest BCUT2D eigenvalue weighted by Gasteiger charge is -2.17.